The van der Waals surface area contributed by atoms with Crippen LogP contribution in [-0.2, 0) is 16.2 Å². The summed E-state index contributed by atoms with van der Waals surface area (Å²) in [5, 5.41) is 2.96. The largest absolute Gasteiger partial charge is 0.444 e. The number of aromatic nitrogens is 1. The summed E-state index contributed by atoms with van der Waals surface area (Å²) in [6.45, 7) is 0. The van der Waals surface area contributed by atoms with E-state index >= 15 is 0 Å². The second kappa shape index (κ2) is 9.49. The van der Waals surface area contributed by atoms with Crippen LogP contribution in [0.1, 0.15) is 48.2 Å². The van der Waals surface area contributed by atoms with Crippen LogP contribution >= 0.6 is 0 Å². The van der Waals surface area contributed by atoms with E-state index in [1.54, 1.807) is 12.1 Å². The fraction of sp³-hybridized carbons (Fsp3) is 0.304. The third kappa shape index (κ3) is 5.58. The van der Waals surface area contributed by atoms with Gasteiger partial charge in [0.1, 0.15) is 6.26 Å². The molecule has 0 atom stereocenters. The fourth-order valence-electron chi connectivity index (χ4n) is 3.73. The minimum atomic E-state index is -4.55. The second-order valence-corrected chi connectivity index (χ2v) is 9.73. The van der Waals surface area contributed by atoms with Crippen LogP contribution in [0.3, 0.4) is 0 Å². The van der Waals surface area contributed by atoms with Gasteiger partial charge < -0.3 is 9.73 Å². The van der Waals surface area contributed by atoms with Crippen LogP contribution in [0.4, 0.5) is 18.9 Å². The Balaban J connectivity index is 1.41. The monoisotopic (exact) mass is 493 g/mol. The van der Waals surface area contributed by atoms with Gasteiger partial charge in [-0.05, 0) is 61.4 Å². The lowest BCUT2D eigenvalue weighted by Gasteiger charge is -2.22. The number of hydrogen-bond acceptors (Lipinski definition) is 5. The topological polar surface area (TPSA) is 101 Å². The van der Waals surface area contributed by atoms with Gasteiger partial charge in [-0.25, -0.2) is 13.4 Å². The molecule has 7 nitrogen and oxygen atoms in total. The molecule has 1 saturated carbocycles. The van der Waals surface area contributed by atoms with E-state index < -0.39 is 21.8 Å². The van der Waals surface area contributed by atoms with Crippen molar-refractivity contribution in [2.45, 2.75) is 49.2 Å². The number of amides is 1. The molecule has 0 aliphatic heterocycles. The molecule has 1 aliphatic rings. The lowest BCUT2D eigenvalue weighted by atomic mass is 9.95. The van der Waals surface area contributed by atoms with Gasteiger partial charge in [0.2, 0.25) is 5.89 Å². The van der Waals surface area contributed by atoms with Gasteiger partial charge >= 0.3 is 6.18 Å². The number of benzene rings is 2. The smallest absolute Gasteiger partial charge is 0.416 e. The first-order valence-electron chi connectivity index (χ1n) is 10.7. The Morgan fingerprint density at radius 3 is 2.24 bits per heavy atom. The molecule has 0 bridgehead atoms. The number of alkyl halides is 3. The van der Waals surface area contributed by atoms with Crippen molar-refractivity contribution in [2.75, 3.05) is 4.72 Å². The van der Waals surface area contributed by atoms with Crippen LogP contribution in [0.2, 0.25) is 0 Å². The molecule has 2 N–H and O–H groups in total. The molecule has 1 heterocycles. The first-order valence-corrected chi connectivity index (χ1v) is 12.2. The molecule has 2 aromatic carbocycles. The number of carbonyl (C=O) groups excluding carboxylic acids is 1. The molecule has 0 unspecified atom stereocenters. The predicted octanol–water partition coefficient (Wildman–Crippen LogP) is 5.22. The number of rotatable bonds is 6. The quantitative estimate of drug-likeness (QED) is 0.490. The normalized spacial score (nSPS) is 15.1. The molecule has 0 radical (unpaired) electrons. The lowest BCUT2D eigenvalue weighted by molar-refractivity contribution is -0.137. The highest BCUT2D eigenvalue weighted by Gasteiger charge is 2.30. The summed E-state index contributed by atoms with van der Waals surface area (Å²) in [6, 6.07) is 9.38. The van der Waals surface area contributed by atoms with Crippen molar-refractivity contribution in [1.29, 1.82) is 0 Å². The van der Waals surface area contributed by atoms with Gasteiger partial charge in [-0.2, -0.15) is 13.2 Å². The fourth-order valence-corrected chi connectivity index (χ4v) is 4.79. The van der Waals surface area contributed by atoms with E-state index in [9.17, 15) is 26.4 Å². The van der Waals surface area contributed by atoms with Crippen molar-refractivity contribution >= 4 is 21.6 Å². The number of carbonyl (C=O) groups is 1. The summed E-state index contributed by atoms with van der Waals surface area (Å²) in [5.74, 6) is -0.103. The first-order chi connectivity index (χ1) is 16.1. The van der Waals surface area contributed by atoms with E-state index in [2.05, 4.69) is 15.0 Å². The molecule has 0 saturated heterocycles. The van der Waals surface area contributed by atoms with Gasteiger partial charge in [0, 0.05) is 17.3 Å². The molecule has 4 rings (SSSR count). The maximum Gasteiger partial charge on any atom is 0.416 e. The summed E-state index contributed by atoms with van der Waals surface area (Å²) in [6.07, 6.45) is 1.96. The Kier molecular flexibility index (Phi) is 6.65. The minimum Gasteiger partial charge on any atom is -0.444 e. The van der Waals surface area contributed by atoms with Gasteiger partial charge in [-0.3, -0.25) is 9.52 Å². The van der Waals surface area contributed by atoms with E-state index in [1.165, 1.54) is 24.8 Å². The summed E-state index contributed by atoms with van der Waals surface area (Å²) < 4.78 is 70.8. The van der Waals surface area contributed by atoms with Crippen molar-refractivity contribution in [3.63, 3.8) is 0 Å². The summed E-state index contributed by atoms with van der Waals surface area (Å²) in [5.41, 5.74) is -0.0548. The van der Waals surface area contributed by atoms with Gasteiger partial charge in [0.15, 0.2) is 5.69 Å². The number of anilines is 1. The van der Waals surface area contributed by atoms with E-state index in [0.717, 1.165) is 37.8 Å². The van der Waals surface area contributed by atoms with Crippen LogP contribution < -0.4 is 10.0 Å². The average Bonchev–Trinajstić information content (AvgIpc) is 3.30. The molecule has 1 aromatic heterocycles. The zero-order chi connectivity index (χ0) is 24.3. The van der Waals surface area contributed by atoms with E-state index in [4.69, 9.17) is 4.42 Å². The van der Waals surface area contributed by atoms with E-state index in [1.807, 2.05) is 0 Å². The van der Waals surface area contributed by atoms with Gasteiger partial charge in [-0.15, -0.1) is 0 Å². The maximum atomic E-state index is 12.7. The van der Waals surface area contributed by atoms with E-state index in [0.29, 0.717) is 17.7 Å². The van der Waals surface area contributed by atoms with E-state index in [-0.39, 0.29) is 34.1 Å². The molecule has 1 aliphatic carbocycles. The molecule has 34 heavy (non-hydrogen) atoms. The highest BCUT2D eigenvalue weighted by Crippen LogP contribution is 2.30. The number of sulfonamides is 1. The highest BCUT2D eigenvalue weighted by molar-refractivity contribution is 7.92. The summed E-state index contributed by atoms with van der Waals surface area (Å²) in [4.78, 5) is 16.3. The summed E-state index contributed by atoms with van der Waals surface area (Å²) >= 11 is 0. The van der Waals surface area contributed by atoms with Crippen molar-refractivity contribution in [1.82, 2.24) is 10.3 Å². The van der Waals surface area contributed by atoms with Crippen molar-refractivity contribution in [3.05, 3.63) is 66.1 Å². The van der Waals surface area contributed by atoms with Gasteiger partial charge in [0.05, 0.1) is 10.5 Å². The van der Waals surface area contributed by atoms with Crippen molar-refractivity contribution < 1.29 is 30.8 Å². The molecular formula is C23H22F3N3O4S. The number of hydrogen-bond donors (Lipinski definition) is 2. The minimum absolute atomic E-state index is 0.137. The number of oxazole rings is 1. The van der Waals surface area contributed by atoms with Crippen LogP contribution in [0, 0.1) is 0 Å². The molecule has 11 heteroatoms. The van der Waals surface area contributed by atoms with Crippen LogP contribution in [0.25, 0.3) is 11.5 Å². The van der Waals surface area contributed by atoms with Crippen molar-refractivity contribution in [3.8, 4) is 11.5 Å². The first kappa shape index (κ1) is 23.8. The zero-order valence-electron chi connectivity index (χ0n) is 17.9. The Bertz CT molecular complexity index is 1250. The maximum absolute atomic E-state index is 12.7. The third-order valence-corrected chi connectivity index (χ3v) is 6.95. The lowest BCUT2D eigenvalue weighted by Crippen LogP contribution is -2.36. The SMILES string of the molecule is O=C(NC1CCCCC1)c1coc(-c2ccc(NS(=O)(=O)c3ccc(C(F)(F)F)cc3)cc2)n1. The van der Waals surface area contributed by atoms with Gasteiger partial charge in [0.25, 0.3) is 15.9 Å². The highest BCUT2D eigenvalue weighted by atomic mass is 32.2. The standard InChI is InChI=1S/C23H22F3N3O4S/c24-23(25,26)16-8-12-19(13-9-16)34(31,32)29-18-10-6-15(7-11-18)22-28-20(14-33-22)21(30)27-17-4-2-1-3-5-17/h6-14,17,29H,1-5H2,(H,27,30). The Hall–Kier alpha value is -3.34. The molecule has 180 valence electrons. The average molecular weight is 494 g/mol. The molecular weight excluding hydrogens is 471 g/mol. The van der Waals surface area contributed by atoms with Crippen LogP contribution in [0.15, 0.2) is 64.1 Å². The predicted molar refractivity (Wildman–Crippen MR) is 119 cm³/mol. The molecule has 0 spiro atoms. The third-order valence-electron chi connectivity index (χ3n) is 5.55. The number of halogens is 3. The second-order valence-electron chi connectivity index (χ2n) is 8.05. The molecule has 3 aromatic rings. The zero-order valence-corrected chi connectivity index (χ0v) is 18.7. The Morgan fingerprint density at radius 2 is 1.62 bits per heavy atom. The molecule has 1 fully saturated rings. The van der Waals surface area contributed by atoms with Crippen LogP contribution in [0.5, 0.6) is 0 Å². The van der Waals surface area contributed by atoms with Gasteiger partial charge in [-0.1, -0.05) is 19.3 Å². The number of nitrogens with one attached hydrogen (secondary N) is 2. The molecule has 1 amide bonds. The summed E-state index contributed by atoms with van der Waals surface area (Å²) in [7, 11) is -4.08. The Morgan fingerprint density at radius 1 is 0.971 bits per heavy atom. The Labute approximate surface area is 194 Å². The number of nitrogens with zero attached hydrogens (tertiary/aromatic N) is 1. The van der Waals surface area contributed by atoms with Crippen LogP contribution in [-0.4, -0.2) is 25.4 Å². The van der Waals surface area contributed by atoms with Crippen molar-refractivity contribution in [2.24, 2.45) is 0 Å².